The Morgan fingerprint density at radius 1 is 1.16 bits per heavy atom. The topological polar surface area (TPSA) is 45.3 Å². The third-order valence-electron chi connectivity index (χ3n) is 4.63. The van der Waals surface area contributed by atoms with Crippen LogP contribution in [0, 0.1) is 5.82 Å². The van der Waals surface area contributed by atoms with Gasteiger partial charge in [0, 0.05) is 36.3 Å². The molecular weight excluding hydrogens is 319 g/mol. The van der Waals surface area contributed by atoms with Gasteiger partial charge in [0.1, 0.15) is 5.82 Å². The van der Waals surface area contributed by atoms with Gasteiger partial charge in [-0.2, -0.15) is 0 Å². The second-order valence-electron chi connectivity index (χ2n) is 6.33. The summed E-state index contributed by atoms with van der Waals surface area (Å²) in [6.45, 7) is 2.32. The smallest absolute Gasteiger partial charge is 0.252 e. The zero-order valence-corrected chi connectivity index (χ0v) is 13.7. The van der Waals surface area contributed by atoms with E-state index in [2.05, 4.69) is 9.88 Å². The number of rotatable bonds is 3. The molecule has 25 heavy (non-hydrogen) atoms. The van der Waals surface area contributed by atoms with Crippen LogP contribution in [0.5, 0.6) is 0 Å². The lowest BCUT2D eigenvalue weighted by Crippen LogP contribution is -2.39. The standard InChI is InChI=1S/C20H19FN2O2/c21-17-7-3-2-6-16(17)19-13-23(9-10-25-19)12-15-11-14-5-1-4-8-18(14)22-20(15)24/h1-8,11,19H,9-10,12-13H2,(H,22,24). The fourth-order valence-corrected chi connectivity index (χ4v) is 3.32. The van der Waals surface area contributed by atoms with E-state index in [1.165, 1.54) is 6.07 Å². The summed E-state index contributed by atoms with van der Waals surface area (Å²) in [6.07, 6.45) is -0.311. The molecule has 2 aromatic carbocycles. The molecule has 1 atom stereocenters. The van der Waals surface area contributed by atoms with Crippen molar-refractivity contribution in [1.29, 1.82) is 0 Å². The fourth-order valence-electron chi connectivity index (χ4n) is 3.32. The van der Waals surface area contributed by atoms with Gasteiger partial charge in [-0.3, -0.25) is 9.69 Å². The number of morpholine rings is 1. The Labute approximate surface area is 144 Å². The van der Waals surface area contributed by atoms with Gasteiger partial charge in [0.2, 0.25) is 0 Å². The zero-order valence-electron chi connectivity index (χ0n) is 13.7. The van der Waals surface area contributed by atoms with E-state index >= 15 is 0 Å². The monoisotopic (exact) mass is 338 g/mol. The van der Waals surface area contributed by atoms with Crippen molar-refractivity contribution in [1.82, 2.24) is 9.88 Å². The molecule has 0 bridgehead atoms. The number of benzene rings is 2. The van der Waals surface area contributed by atoms with E-state index in [0.717, 1.165) is 17.4 Å². The molecule has 1 N–H and O–H groups in total. The maximum Gasteiger partial charge on any atom is 0.252 e. The van der Waals surface area contributed by atoms with Gasteiger partial charge in [0.25, 0.3) is 5.56 Å². The highest BCUT2D eigenvalue weighted by molar-refractivity contribution is 5.78. The molecule has 2 heterocycles. The predicted octanol–water partition coefficient (Wildman–Crippen LogP) is 3.24. The van der Waals surface area contributed by atoms with Gasteiger partial charge in [0.15, 0.2) is 0 Å². The first-order chi connectivity index (χ1) is 12.2. The summed E-state index contributed by atoms with van der Waals surface area (Å²) in [4.78, 5) is 17.4. The first kappa shape index (κ1) is 16.0. The molecule has 0 amide bonds. The molecule has 0 radical (unpaired) electrons. The molecule has 128 valence electrons. The van der Waals surface area contributed by atoms with Gasteiger partial charge in [-0.1, -0.05) is 36.4 Å². The summed E-state index contributed by atoms with van der Waals surface area (Å²) in [7, 11) is 0. The largest absolute Gasteiger partial charge is 0.371 e. The molecule has 0 spiro atoms. The fraction of sp³-hybridized carbons (Fsp3) is 0.250. The number of pyridine rings is 1. The van der Waals surface area contributed by atoms with Crippen LogP contribution in [0.3, 0.4) is 0 Å². The number of nitrogens with one attached hydrogen (secondary N) is 1. The van der Waals surface area contributed by atoms with E-state index in [1.54, 1.807) is 12.1 Å². The van der Waals surface area contributed by atoms with Gasteiger partial charge in [-0.25, -0.2) is 4.39 Å². The van der Waals surface area contributed by atoms with Crippen LogP contribution in [0.4, 0.5) is 4.39 Å². The number of ether oxygens (including phenoxy) is 1. The molecule has 1 aromatic heterocycles. The van der Waals surface area contributed by atoms with Crippen LogP contribution in [-0.2, 0) is 11.3 Å². The van der Waals surface area contributed by atoms with Crippen molar-refractivity contribution in [3.05, 3.63) is 81.9 Å². The number of H-pyrrole nitrogens is 1. The lowest BCUT2D eigenvalue weighted by molar-refractivity contribution is -0.0345. The number of halogens is 1. The van der Waals surface area contributed by atoms with Crippen LogP contribution >= 0.6 is 0 Å². The summed E-state index contributed by atoms with van der Waals surface area (Å²) in [5.41, 5.74) is 2.04. The summed E-state index contributed by atoms with van der Waals surface area (Å²) in [5, 5.41) is 1.01. The molecule has 1 aliphatic rings. The highest BCUT2D eigenvalue weighted by atomic mass is 19.1. The van der Waals surface area contributed by atoms with Gasteiger partial charge >= 0.3 is 0 Å². The van der Waals surface area contributed by atoms with Gasteiger partial charge < -0.3 is 9.72 Å². The Hall–Kier alpha value is -2.50. The minimum absolute atomic E-state index is 0.0763. The van der Waals surface area contributed by atoms with Crippen molar-refractivity contribution in [2.75, 3.05) is 19.7 Å². The number of hydrogen-bond acceptors (Lipinski definition) is 3. The lowest BCUT2D eigenvalue weighted by atomic mass is 10.1. The Morgan fingerprint density at radius 2 is 1.96 bits per heavy atom. The lowest BCUT2D eigenvalue weighted by Gasteiger charge is -2.33. The van der Waals surface area contributed by atoms with Crippen molar-refractivity contribution >= 4 is 10.9 Å². The molecule has 0 aliphatic carbocycles. The molecule has 1 aliphatic heterocycles. The second kappa shape index (κ2) is 6.78. The summed E-state index contributed by atoms with van der Waals surface area (Å²) in [5.74, 6) is -0.252. The maximum atomic E-state index is 14.0. The molecule has 1 fully saturated rings. The molecule has 4 nitrogen and oxygen atoms in total. The molecule has 1 unspecified atom stereocenters. The van der Waals surface area contributed by atoms with Gasteiger partial charge in [-0.05, 0) is 23.6 Å². The van der Waals surface area contributed by atoms with Crippen LogP contribution < -0.4 is 5.56 Å². The number of para-hydroxylation sites is 1. The van der Waals surface area contributed by atoms with Crippen LogP contribution in [0.25, 0.3) is 10.9 Å². The van der Waals surface area contributed by atoms with Crippen LogP contribution in [0.1, 0.15) is 17.2 Å². The van der Waals surface area contributed by atoms with Crippen molar-refractivity contribution in [2.45, 2.75) is 12.6 Å². The molecule has 1 saturated heterocycles. The quantitative estimate of drug-likeness (QED) is 0.797. The highest BCUT2D eigenvalue weighted by Gasteiger charge is 2.24. The highest BCUT2D eigenvalue weighted by Crippen LogP contribution is 2.25. The minimum atomic E-state index is -0.311. The van der Waals surface area contributed by atoms with Gasteiger partial charge in [-0.15, -0.1) is 0 Å². The molecule has 5 heteroatoms. The van der Waals surface area contributed by atoms with Crippen molar-refractivity contribution in [2.24, 2.45) is 0 Å². The van der Waals surface area contributed by atoms with E-state index in [1.807, 2.05) is 36.4 Å². The third kappa shape index (κ3) is 3.34. The number of fused-ring (bicyclic) bond motifs is 1. The second-order valence-corrected chi connectivity index (χ2v) is 6.33. The summed E-state index contributed by atoms with van der Waals surface area (Å²) in [6, 6.07) is 16.4. The summed E-state index contributed by atoms with van der Waals surface area (Å²) >= 11 is 0. The van der Waals surface area contributed by atoms with E-state index in [-0.39, 0.29) is 17.5 Å². The Bertz CT molecular complexity index is 954. The third-order valence-corrected chi connectivity index (χ3v) is 4.63. The van der Waals surface area contributed by atoms with E-state index in [0.29, 0.717) is 30.8 Å². The molecular formula is C20H19FN2O2. The normalized spacial score (nSPS) is 18.5. The Balaban J connectivity index is 1.56. The van der Waals surface area contributed by atoms with Crippen molar-refractivity contribution < 1.29 is 9.13 Å². The number of aromatic amines is 1. The zero-order chi connectivity index (χ0) is 17.2. The Morgan fingerprint density at radius 3 is 2.84 bits per heavy atom. The molecule has 0 saturated carbocycles. The maximum absolute atomic E-state index is 14.0. The number of aromatic nitrogens is 1. The number of nitrogens with zero attached hydrogens (tertiary/aromatic N) is 1. The van der Waals surface area contributed by atoms with Crippen LogP contribution in [0.2, 0.25) is 0 Å². The van der Waals surface area contributed by atoms with Crippen LogP contribution in [-0.4, -0.2) is 29.6 Å². The van der Waals surface area contributed by atoms with E-state index in [4.69, 9.17) is 4.74 Å². The first-order valence-corrected chi connectivity index (χ1v) is 8.40. The van der Waals surface area contributed by atoms with Crippen molar-refractivity contribution in [3.8, 4) is 0 Å². The first-order valence-electron chi connectivity index (χ1n) is 8.40. The predicted molar refractivity (Wildman–Crippen MR) is 94.9 cm³/mol. The van der Waals surface area contributed by atoms with Crippen molar-refractivity contribution in [3.63, 3.8) is 0 Å². The average molecular weight is 338 g/mol. The average Bonchev–Trinajstić information content (AvgIpc) is 2.63. The molecule has 4 rings (SSSR count). The van der Waals surface area contributed by atoms with E-state index in [9.17, 15) is 9.18 Å². The Kier molecular flexibility index (Phi) is 4.34. The SMILES string of the molecule is O=c1[nH]c2ccccc2cc1CN1CCOC(c2ccccc2F)C1. The molecule has 3 aromatic rings. The number of hydrogen-bond donors (Lipinski definition) is 1. The summed E-state index contributed by atoms with van der Waals surface area (Å²) < 4.78 is 19.8. The van der Waals surface area contributed by atoms with E-state index < -0.39 is 0 Å². The minimum Gasteiger partial charge on any atom is -0.371 e. The van der Waals surface area contributed by atoms with Crippen LogP contribution in [0.15, 0.2) is 59.4 Å². The van der Waals surface area contributed by atoms with Gasteiger partial charge in [0.05, 0.1) is 12.7 Å².